The Morgan fingerprint density at radius 3 is 2.54 bits per heavy atom. The summed E-state index contributed by atoms with van der Waals surface area (Å²) in [5, 5.41) is 12.3. The van der Waals surface area contributed by atoms with Crippen molar-refractivity contribution in [2.24, 2.45) is 0 Å². The summed E-state index contributed by atoms with van der Waals surface area (Å²) in [4.78, 5) is 24.6. The summed E-state index contributed by atoms with van der Waals surface area (Å²) in [6.45, 7) is 1.91. The van der Waals surface area contributed by atoms with Crippen molar-refractivity contribution in [3.8, 4) is 11.3 Å². The summed E-state index contributed by atoms with van der Waals surface area (Å²) in [7, 11) is 0. The molecule has 6 nitrogen and oxygen atoms in total. The normalized spacial score (nSPS) is 10.3. The van der Waals surface area contributed by atoms with E-state index in [1.54, 1.807) is 0 Å². The summed E-state index contributed by atoms with van der Waals surface area (Å²) in [6.07, 6.45) is 2.28. The van der Waals surface area contributed by atoms with Crippen molar-refractivity contribution < 1.29 is 9.59 Å². The van der Waals surface area contributed by atoms with Crippen LogP contribution in [0.1, 0.15) is 22.8 Å². The molecule has 6 heteroatoms. The Balaban J connectivity index is 1.63. The minimum atomic E-state index is -0.350. The van der Waals surface area contributed by atoms with Gasteiger partial charge in [0.05, 0.1) is 24.0 Å². The number of aromatic nitrogens is 2. The van der Waals surface area contributed by atoms with Crippen LogP contribution in [0.4, 0.5) is 5.69 Å². The first-order valence-electron chi connectivity index (χ1n) is 8.43. The van der Waals surface area contributed by atoms with Crippen LogP contribution in [0.3, 0.4) is 0 Å². The number of rotatable bonds is 6. The molecule has 2 aromatic carbocycles. The molecule has 132 valence electrons. The van der Waals surface area contributed by atoms with Crippen molar-refractivity contribution >= 4 is 17.5 Å². The first kappa shape index (κ1) is 17.4. The Kier molecular flexibility index (Phi) is 5.43. The molecule has 0 radical (unpaired) electrons. The van der Waals surface area contributed by atoms with Crippen molar-refractivity contribution in [3.05, 3.63) is 71.9 Å². The van der Waals surface area contributed by atoms with Crippen LogP contribution in [0.2, 0.25) is 0 Å². The maximum Gasteiger partial charge on any atom is 0.255 e. The SMILES string of the molecule is CCc1ccccc1NC(=O)CNC(=O)c1cn[nH]c1-c1ccccc1. The van der Waals surface area contributed by atoms with Crippen molar-refractivity contribution in [1.29, 1.82) is 0 Å². The number of carbonyl (C=O) groups excluding carboxylic acids is 2. The highest BCUT2D eigenvalue weighted by Crippen LogP contribution is 2.20. The van der Waals surface area contributed by atoms with Crippen LogP contribution in [0, 0.1) is 0 Å². The molecule has 26 heavy (non-hydrogen) atoms. The van der Waals surface area contributed by atoms with Gasteiger partial charge < -0.3 is 10.6 Å². The van der Waals surface area contributed by atoms with Gasteiger partial charge in [0.1, 0.15) is 0 Å². The van der Waals surface area contributed by atoms with E-state index in [9.17, 15) is 9.59 Å². The van der Waals surface area contributed by atoms with Crippen LogP contribution >= 0.6 is 0 Å². The minimum Gasteiger partial charge on any atom is -0.343 e. The quantitative estimate of drug-likeness (QED) is 0.640. The number of nitrogens with one attached hydrogen (secondary N) is 3. The molecule has 0 saturated heterocycles. The Bertz CT molecular complexity index is 903. The van der Waals surface area contributed by atoms with Crippen LogP contribution < -0.4 is 10.6 Å². The number of hydrogen-bond donors (Lipinski definition) is 3. The fraction of sp³-hybridized carbons (Fsp3) is 0.150. The zero-order valence-corrected chi connectivity index (χ0v) is 14.5. The predicted molar refractivity (Wildman–Crippen MR) is 101 cm³/mol. The van der Waals surface area contributed by atoms with Gasteiger partial charge in [0.2, 0.25) is 5.91 Å². The first-order valence-corrected chi connectivity index (χ1v) is 8.43. The molecule has 2 amide bonds. The topological polar surface area (TPSA) is 86.9 Å². The molecule has 0 unspecified atom stereocenters. The fourth-order valence-electron chi connectivity index (χ4n) is 2.68. The third-order valence-corrected chi connectivity index (χ3v) is 4.03. The zero-order chi connectivity index (χ0) is 18.4. The van der Waals surface area contributed by atoms with Crippen molar-refractivity contribution in [2.45, 2.75) is 13.3 Å². The number of hydrogen-bond acceptors (Lipinski definition) is 3. The third kappa shape index (κ3) is 3.97. The largest absolute Gasteiger partial charge is 0.343 e. The molecular weight excluding hydrogens is 328 g/mol. The summed E-state index contributed by atoms with van der Waals surface area (Å²) >= 11 is 0. The van der Waals surface area contributed by atoms with Crippen molar-refractivity contribution in [1.82, 2.24) is 15.5 Å². The van der Waals surface area contributed by atoms with Gasteiger partial charge in [-0.1, -0.05) is 55.5 Å². The number of benzene rings is 2. The number of aryl methyl sites for hydroxylation is 1. The molecule has 0 atom stereocenters. The maximum atomic E-state index is 12.4. The molecule has 0 aliphatic heterocycles. The second-order valence-electron chi connectivity index (χ2n) is 5.77. The summed E-state index contributed by atoms with van der Waals surface area (Å²) < 4.78 is 0. The molecule has 0 aliphatic carbocycles. The smallest absolute Gasteiger partial charge is 0.255 e. The van der Waals surface area contributed by atoms with E-state index in [0.29, 0.717) is 11.3 Å². The van der Waals surface area contributed by atoms with Crippen LogP contribution in [0.15, 0.2) is 60.8 Å². The Hall–Kier alpha value is -3.41. The van der Waals surface area contributed by atoms with Crippen molar-refractivity contribution in [3.63, 3.8) is 0 Å². The highest BCUT2D eigenvalue weighted by molar-refractivity contribution is 6.02. The Morgan fingerprint density at radius 1 is 1.04 bits per heavy atom. The number of carbonyl (C=O) groups is 2. The zero-order valence-electron chi connectivity index (χ0n) is 14.5. The molecular formula is C20H20N4O2. The lowest BCUT2D eigenvalue weighted by Gasteiger charge is -2.10. The molecule has 3 aromatic rings. The van der Waals surface area contributed by atoms with E-state index in [1.807, 2.05) is 61.5 Å². The molecule has 0 fully saturated rings. The number of aromatic amines is 1. The van der Waals surface area contributed by atoms with E-state index in [0.717, 1.165) is 23.2 Å². The van der Waals surface area contributed by atoms with E-state index >= 15 is 0 Å². The van der Waals surface area contributed by atoms with Gasteiger partial charge in [-0.3, -0.25) is 14.7 Å². The summed E-state index contributed by atoms with van der Waals surface area (Å²) in [5.41, 5.74) is 3.70. The summed E-state index contributed by atoms with van der Waals surface area (Å²) in [6, 6.07) is 17.1. The highest BCUT2D eigenvalue weighted by atomic mass is 16.2. The number of amides is 2. The average molecular weight is 348 g/mol. The third-order valence-electron chi connectivity index (χ3n) is 4.03. The van der Waals surface area contributed by atoms with E-state index < -0.39 is 0 Å². The van der Waals surface area contributed by atoms with Gasteiger partial charge >= 0.3 is 0 Å². The van der Waals surface area contributed by atoms with Crippen LogP contribution in [-0.4, -0.2) is 28.6 Å². The number of para-hydroxylation sites is 1. The molecule has 3 rings (SSSR count). The van der Waals surface area contributed by atoms with Gasteiger partial charge in [-0.15, -0.1) is 0 Å². The predicted octanol–water partition coefficient (Wildman–Crippen LogP) is 3.01. The lowest BCUT2D eigenvalue weighted by atomic mass is 10.1. The van der Waals surface area contributed by atoms with E-state index in [-0.39, 0.29) is 18.4 Å². The van der Waals surface area contributed by atoms with E-state index in [2.05, 4.69) is 20.8 Å². The van der Waals surface area contributed by atoms with Gasteiger partial charge in [0.15, 0.2) is 0 Å². The minimum absolute atomic E-state index is 0.115. The van der Waals surface area contributed by atoms with Crippen LogP contribution in [-0.2, 0) is 11.2 Å². The standard InChI is InChI=1S/C20H20N4O2/c1-2-14-8-6-7-11-17(14)23-18(25)13-21-20(26)16-12-22-24-19(16)15-9-4-3-5-10-15/h3-12H,2,13H2,1H3,(H,21,26)(H,22,24)(H,23,25). The maximum absolute atomic E-state index is 12.4. The average Bonchev–Trinajstić information content (AvgIpc) is 3.17. The second-order valence-corrected chi connectivity index (χ2v) is 5.77. The van der Waals surface area contributed by atoms with E-state index in [1.165, 1.54) is 6.20 Å². The molecule has 1 aromatic heterocycles. The fourth-order valence-corrected chi connectivity index (χ4v) is 2.68. The van der Waals surface area contributed by atoms with Crippen LogP contribution in [0.25, 0.3) is 11.3 Å². The van der Waals surface area contributed by atoms with Gasteiger partial charge in [-0.05, 0) is 18.1 Å². The van der Waals surface area contributed by atoms with E-state index in [4.69, 9.17) is 0 Å². The van der Waals surface area contributed by atoms with Gasteiger partial charge in [-0.2, -0.15) is 5.10 Å². The molecule has 0 saturated carbocycles. The lowest BCUT2D eigenvalue weighted by Crippen LogP contribution is -2.33. The van der Waals surface area contributed by atoms with Gasteiger partial charge in [0.25, 0.3) is 5.91 Å². The second kappa shape index (κ2) is 8.11. The Labute approximate surface area is 151 Å². The number of H-pyrrole nitrogens is 1. The van der Waals surface area contributed by atoms with Gasteiger partial charge in [-0.25, -0.2) is 0 Å². The molecule has 0 bridgehead atoms. The summed E-state index contributed by atoms with van der Waals surface area (Å²) in [5.74, 6) is -0.625. The van der Waals surface area contributed by atoms with Crippen LogP contribution in [0.5, 0.6) is 0 Å². The highest BCUT2D eigenvalue weighted by Gasteiger charge is 2.16. The first-order chi connectivity index (χ1) is 12.7. The molecule has 0 spiro atoms. The van der Waals surface area contributed by atoms with Crippen molar-refractivity contribution in [2.75, 3.05) is 11.9 Å². The number of nitrogens with zero attached hydrogens (tertiary/aromatic N) is 1. The molecule has 1 heterocycles. The molecule has 3 N–H and O–H groups in total. The molecule has 0 aliphatic rings. The monoisotopic (exact) mass is 348 g/mol. The Morgan fingerprint density at radius 2 is 1.77 bits per heavy atom. The lowest BCUT2D eigenvalue weighted by molar-refractivity contribution is -0.115. The number of anilines is 1. The van der Waals surface area contributed by atoms with Gasteiger partial charge in [0, 0.05) is 11.3 Å².